The van der Waals surface area contributed by atoms with Gasteiger partial charge in [-0.15, -0.1) is 0 Å². The third-order valence-electron chi connectivity index (χ3n) is 3.94. The summed E-state index contributed by atoms with van der Waals surface area (Å²) < 4.78 is 31.5. The van der Waals surface area contributed by atoms with Crippen molar-refractivity contribution < 1.29 is 17.9 Å². The van der Waals surface area contributed by atoms with Gasteiger partial charge in [0.15, 0.2) is 0 Å². The van der Waals surface area contributed by atoms with E-state index < -0.39 is 10.0 Å². The van der Waals surface area contributed by atoms with Crippen LogP contribution in [-0.4, -0.2) is 52.4 Å². The molecule has 1 atom stereocenters. The minimum Gasteiger partial charge on any atom is -0.492 e. The van der Waals surface area contributed by atoms with Crippen molar-refractivity contribution in [1.82, 2.24) is 9.62 Å². The number of nitrogens with one attached hydrogen (secondary N) is 2. The predicted octanol–water partition coefficient (Wildman–Crippen LogP) is 1.27. The van der Waals surface area contributed by atoms with Crippen molar-refractivity contribution in [1.29, 1.82) is 0 Å². The first-order chi connectivity index (χ1) is 11.4. The predicted molar refractivity (Wildman–Crippen MR) is 92.7 cm³/mol. The van der Waals surface area contributed by atoms with Crippen LogP contribution in [-0.2, 0) is 14.8 Å². The van der Waals surface area contributed by atoms with E-state index in [-0.39, 0.29) is 22.5 Å². The fourth-order valence-corrected chi connectivity index (χ4v) is 3.63. The molecule has 0 aliphatic carbocycles. The van der Waals surface area contributed by atoms with E-state index in [1.165, 1.54) is 20.2 Å². The number of piperidine rings is 1. The summed E-state index contributed by atoms with van der Waals surface area (Å²) in [6.07, 6.45) is 1.79. The maximum absolute atomic E-state index is 12.5. The van der Waals surface area contributed by atoms with Gasteiger partial charge in [0.2, 0.25) is 15.9 Å². The van der Waals surface area contributed by atoms with Gasteiger partial charge in [-0.05, 0) is 44.5 Å². The lowest BCUT2D eigenvalue weighted by atomic mass is 9.99. The molecule has 1 heterocycles. The van der Waals surface area contributed by atoms with Crippen LogP contribution >= 0.6 is 0 Å². The van der Waals surface area contributed by atoms with E-state index in [1.54, 1.807) is 19.1 Å². The SMILES string of the molecule is CCOc1ccc(NC(=O)C2CCCNC2)cc1S(=O)(=O)N(C)C. The van der Waals surface area contributed by atoms with Gasteiger partial charge in [-0.1, -0.05) is 0 Å². The number of hydrogen-bond acceptors (Lipinski definition) is 5. The standard InChI is InChI=1S/C16H25N3O4S/c1-4-23-14-8-7-13(10-15(14)24(21,22)19(2)3)18-16(20)12-6-5-9-17-11-12/h7-8,10,12,17H,4-6,9,11H2,1-3H3,(H,18,20). The molecule has 1 aliphatic rings. The summed E-state index contributed by atoms with van der Waals surface area (Å²) in [5.74, 6) is 0.0855. The van der Waals surface area contributed by atoms with Crippen molar-refractivity contribution in [3.05, 3.63) is 18.2 Å². The molecule has 8 heteroatoms. The molecular formula is C16H25N3O4S. The lowest BCUT2D eigenvalue weighted by Crippen LogP contribution is -2.37. The fraction of sp³-hybridized carbons (Fsp3) is 0.562. The molecule has 7 nitrogen and oxygen atoms in total. The number of benzene rings is 1. The summed E-state index contributed by atoms with van der Waals surface area (Å²) in [7, 11) is -0.744. The van der Waals surface area contributed by atoms with Gasteiger partial charge in [-0.25, -0.2) is 12.7 Å². The average Bonchev–Trinajstić information content (AvgIpc) is 2.57. The van der Waals surface area contributed by atoms with Gasteiger partial charge in [0, 0.05) is 26.3 Å². The van der Waals surface area contributed by atoms with E-state index in [0.717, 1.165) is 23.7 Å². The Hall–Kier alpha value is -1.64. The Morgan fingerprint density at radius 2 is 2.17 bits per heavy atom. The van der Waals surface area contributed by atoms with Gasteiger partial charge in [0.05, 0.1) is 12.5 Å². The zero-order valence-corrected chi connectivity index (χ0v) is 15.1. The molecule has 134 valence electrons. The van der Waals surface area contributed by atoms with Crippen molar-refractivity contribution in [3.63, 3.8) is 0 Å². The highest BCUT2D eigenvalue weighted by Crippen LogP contribution is 2.29. The van der Waals surface area contributed by atoms with Crippen LogP contribution in [0.3, 0.4) is 0 Å². The summed E-state index contributed by atoms with van der Waals surface area (Å²) in [6.45, 7) is 3.72. The third kappa shape index (κ3) is 4.25. The third-order valence-corrected chi connectivity index (χ3v) is 5.77. The molecule has 1 saturated heterocycles. The number of carbonyl (C=O) groups is 1. The Morgan fingerprint density at radius 1 is 1.42 bits per heavy atom. The van der Waals surface area contributed by atoms with Crippen LogP contribution in [0.15, 0.2) is 23.1 Å². The van der Waals surface area contributed by atoms with Crippen molar-refractivity contribution in [2.45, 2.75) is 24.7 Å². The number of anilines is 1. The monoisotopic (exact) mass is 355 g/mol. The van der Waals surface area contributed by atoms with Gasteiger partial charge in [-0.3, -0.25) is 4.79 Å². The smallest absolute Gasteiger partial charge is 0.246 e. The number of sulfonamides is 1. The average molecular weight is 355 g/mol. The van der Waals surface area contributed by atoms with Gasteiger partial charge in [0.25, 0.3) is 0 Å². The number of carbonyl (C=O) groups excluding carboxylic acids is 1. The molecule has 1 fully saturated rings. The fourth-order valence-electron chi connectivity index (χ4n) is 2.58. The molecule has 2 rings (SSSR count). The van der Waals surface area contributed by atoms with E-state index in [4.69, 9.17) is 4.74 Å². The minimum absolute atomic E-state index is 0.0499. The quantitative estimate of drug-likeness (QED) is 0.802. The van der Waals surface area contributed by atoms with Crippen LogP contribution in [0.2, 0.25) is 0 Å². The normalized spacial score (nSPS) is 18.4. The second-order valence-corrected chi connectivity index (χ2v) is 8.03. The summed E-state index contributed by atoms with van der Waals surface area (Å²) >= 11 is 0. The van der Waals surface area contributed by atoms with Gasteiger partial charge < -0.3 is 15.4 Å². The van der Waals surface area contributed by atoms with Crippen molar-refractivity contribution in [2.24, 2.45) is 5.92 Å². The maximum Gasteiger partial charge on any atom is 0.246 e. The molecule has 0 bridgehead atoms. The zero-order valence-electron chi connectivity index (χ0n) is 14.3. The Balaban J connectivity index is 2.27. The number of nitrogens with zero attached hydrogens (tertiary/aromatic N) is 1. The van der Waals surface area contributed by atoms with Crippen LogP contribution in [0.25, 0.3) is 0 Å². The first-order valence-electron chi connectivity index (χ1n) is 8.07. The molecule has 1 unspecified atom stereocenters. The van der Waals surface area contributed by atoms with Crippen molar-refractivity contribution >= 4 is 21.6 Å². The maximum atomic E-state index is 12.5. The molecular weight excluding hydrogens is 330 g/mol. The van der Waals surface area contributed by atoms with Crippen LogP contribution in [0, 0.1) is 5.92 Å². The second kappa shape index (κ2) is 7.96. The molecule has 0 radical (unpaired) electrons. The molecule has 0 saturated carbocycles. The second-order valence-electron chi connectivity index (χ2n) is 5.91. The highest BCUT2D eigenvalue weighted by Gasteiger charge is 2.25. The molecule has 0 aromatic heterocycles. The van der Waals surface area contributed by atoms with Crippen molar-refractivity contribution in [3.8, 4) is 5.75 Å². The number of hydrogen-bond donors (Lipinski definition) is 2. The van der Waals surface area contributed by atoms with E-state index in [1.807, 2.05) is 0 Å². The van der Waals surface area contributed by atoms with Gasteiger partial charge >= 0.3 is 0 Å². The van der Waals surface area contributed by atoms with Crippen LogP contribution < -0.4 is 15.4 Å². The van der Waals surface area contributed by atoms with E-state index in [2.05, 4.69) is 10.6 Å². The topological polar surface area (TPSA) is 87.7 Å². The van der Waals surface area contributed by atoms with Crippen LogP contribution in [0.4, 0.5) is 5.69 Å². The van der Waals surface area contributed by atoms with E-state index in [0.29, 0.717) is 18.8 Å². The highest BCUT2D eigenvalue weighted by atomic mass is 32.2. The molecule has 1 amide bonds. The first-order valence-corrected chi connectivity index (χ1v) is 9.51. The molecule has 1 aromatic carbocycles. The summed E-state index contributed by atoms with van der Waals surface area (Å²) in [5, 5.41) is 6.01. The number of amides is 1. The molecule has 24 heavy (non-hydrogen) atoms. The van der Waals surface area contributed by atoms with Crippen LogP contribution in [0.5, 0.6) is 5.75 Å². The Bertz CT molecular complexity index is 683. The van der Waals surface area contributed by atoms with Gasteiger partial charge in [0.1, 0.15) is 10.6 Å². The molecule has 1 aliphatic heterocycles. The van der Waals surface area contributed by atoms with Crippen molar-refractivity contribution in [2.75, 3.05) is 39.1 Å². The lowest BCUT2D eigenvalue weighted by Gasteiger charge is -2.22. The first kappa shape index (κ1) is 18.7. The Morgan fingerprint density at radius 3 is 2.75 bits per heavy atom. The molecule has 1 aromatic rings. The molecule has 2 N–H and O–H groups in total. The minimum atomic E-state index is -3.67. The summed E-state index contributed by atoms with van der Waals surface area (Å²) in [4.78, 5) is 12.4. The number of rotatable bonds is 6. The Kier molecular flexibility index (Phi) is 6.20. The lowest BCUT2D eigenvalue weighted by molar-refractivity contribution is -0.120. The van der Waals surface area contributed by atoms with Gasteiger partial charge in [-0.2, -0.15) is 0 Å². The summed E-state index contributed by atoms with van der Waals surface area (Å²) in [6, 6.07) is 4.69. The molecule has 0 spiro atoms. The van der Waals surface area contributed by atoms with E-state index >= 15 is 0 Å². The highest BCUT2D eigenvalue weighted by molar-refractivity contribution is 7.89. The summed E-state index contributed by atoms with van der Waals surface area (Å²) in [5.41, 5.74) is 0.453. The Labute approximate surface area is 143 Å². The number of ether oxygens (including phenoxy) is 1. The van der Waals surface area contributed by atoms with Crippen LogP contribution in [0.1, 0.15) is 19.8 Å². The zero-order chi connectivity index (χ0) is 17.7. The largest absolute Gasteiger partial charge is 0.492 e. The van der Waals surface area contributed by atoms with E-state index in [9.17, 15) is 13.2 Å².